The van der Waals surface area contributed by atoms with Crippen LogP contribution in [-0.2, 0) is 11.3 Å². The molecule has 1 aliphatic carbocycles. The van der Waals surface area contributed by atoms with Gasteiger partial charge in [-0.1, -0.05) is 49.0 Å². The van der Waals surface area contributed by atoms with Gasteiger partial charge in [0.15, 0.2) is 0 Å². The molecule has 1 N–H and O–H groups in total. The van der Waals surface area contributed by atoms with E-state index < -0.39 is 5.54 Å². The number of hydrogen-bond donors (Lipinski definition) is 1. The van der Waals surface area contributed by atoms with Crippen molar-refractivity contribution in [2.24, 2.45) is 5.92 Å². The van der Waals surface area contributed by atoms with Crippen molar-refractivity contribution in [3.63, 3.8) is 0 Å². The normalized spacial score (nSPS) is 26.6. The maximum absolute atomic E-state index is 13.0. The van der Waals surface area contributed by atoms with Gasteiger partial charge in [-0.2, -0.15) is 0 Å². The summed E-state index contributed by atoms with van der Waals surface area (Å²) in [5.74, 6) is 0.0776. The molecule has 0 unspecified atom stereocenters. The van der Waals surface area contributed by atoms with Gasteiger partial charge in [0.05, 0.1) is 16.7 Å². The third-order valence-electron chi connectivity index (χ3n) is 5.32. The largest absolute Gasteiger partial charge is 0.326 e. The van der Waals surface area contributed by atoms with Gasteiger partial charge in [-0.05, 0) is 43.5 Å². The molecule has 5 nitrogen and oxygen atoms in total. The van der Waals surface area contributed by atoms with E-state index in [0.717, 1.165) is 31.2 Å². The monoisotopic (exact) mass is 383 g/mol. The van der Waals surface area contributed by atoms with E-state index in [9.17, 15) is 9.59 Å². The summed E-state index contributed by atoms with van der Waals surface area (Å²) in [6, 6.07) is 5.15. The van der Waals surface area contributed by atoms with Gasteiger partial charge in [0.1, 0.15) is 5.54 Å². The number of halogens is 2. The molecule has 2 atom stereocenters. The Kier molecular flexibility index (Phi) is 5.28. The van der Waals surface area contributed by atoms with Crippen molar-refractivity contribution in [2.45, 2.75) is 44.7 Å². The number of carbonyl (C=O) groups excluding carboxylic acids is 2. The van der Waals surface area contributed by atoms with Crippen LogP contribution in [0.15, 0.2) is 18.2 Å². The number of carbonyl (C=O) groups is 2. The second-order valence-electron chi connectivity index (χ2n) is 7.19. The van der Waals surface area contributed by atoms with Crippen molar-refractivity contribution in [1.82, 2.24) is 15.1 Å². The second-order valence-corrected chi connectivity index (χ2v) is 8.00. The van der Waals surface area contributed by atoms with Gasteiger partial charge < -0.3 is 5.32 Å². The first-order chi connectivity index (χ1) is 11.8. The first-order valence-corrected chi connectivity index (χ1v) is 9.35. The maximum Gasteiger partial charge on any atom is 0.326 e. The van der Waals surface area contributed by atoms with Crippen LogP contribution in [0.4, 0.5) is 4.79 Å². The molecule has 1 heterocycles. The lowest BCUT2D eigenvalue weighted by atomic mass is 9.73. The van der Waals surface area contributed by atoms with Crippen LogP contribution in [0.2, 0.25) is 10.0 Å². The highest BCUT2D eigenvalue weighted by Gasteiger charge is 2.54. The molecular formula is C18H23Cl2N3O2. The van der Waals surface area contributed by atoms with E-state index in [2.05, 4.69) is 12.2 Å². The standard InChI is InChI=1S/C18H23Cl2N3O2/c1-12-5-3-4-8-18(12)16(24)23(17(25)21-18)11-22(2)10-13-6-7-14(19)15(20)9-13/h6-7,9,12H,3-5,8,10-11H2,1-2H3,(H,21,25)/t12-,18+/m1/s1. The first-order valence-electron chi connectivity index (χ1n) is 8.60. The number of nitrogens with zero attached hydrogens (tertiary/aromatic N) is 2. The van der Waals surface area contributed by atoms with Gasteiger partial charge in [0, 0.05) is 6.54 Å². The summed E-state index contributed by atoms with van der Waals surface area (Å²) < 4.78 is 0. The van der Waals surface area contributed by atoms with Crippen molar-refractivity contribution >= 4 is 35.1 Å². The van der Waals surface area contributed by atoms with E-state index in [1.54, 1.807) is 12.1 Å². The summed E-state index contributed by atoms with van der Waals surface area (Å²) >= 11 is 12.0. The zero-order valence-corrected chi connectivity index (χ0v) is 16.0. The summed E-state index contributed by atoms with van der Waals surface area (Å²) in [6.45, 7) is 2.87. The van der Waals surface area contributed by atoms with Gasteiger partial charge in [-0.3, -0.25) is 9.69 Å². The van der Waals surface area contributed by atoms with Crippen LogP contribution in [0.5, 0.6) is 0 Å². The van der Waals surface area contributed by atoms with Gasteiger partial charge >= 0.3 is 6.03 Å². The van der Waals surface area contributed by atoms with Crippen LogP contribution in [-0.4, -0.2) is 41.0 Å². The minimum atomic E-state index is -0.709. The molecule has 2 fully saturated rings. The molecule has 1 spiro atoms. The van der Waals surface area contributed by atoms with E-state index in [1.165, 1.54) is 4.90 Å². The highest BCUT2D eigenvalue weighted by molar-refractivity contribution is 6.42. The zero-order chi connectivity index (χ0) is 18.2. The highest BCUT2D eigenvalue weighted by Crippen LogP contribution is 2.38. The molecule has 1 saturated carbocycles. The third-order valence-corrected chi connectivity index (χ3v) is 6.06. The average molecular weight is 384 g/mol. The Hall–Kier alpha value is -1.30. The van der Waals surface area contributed by atoms with Gasteiger partial charge in [0.2, 0.25) is 0 Å². The summed E-state index contributed by atoms with van der Waals surface area (Å²) in [7, 11) is 1.87. The fourth-order valence-electron chi connectivity index (χ4n) is 3.86. The molecule has 1 aliphatic heterocycles. The van der Waals surface area contributed by atoms with Gasteiger partial charge in [-0.15, -0.1) is 0 Å². The zero-order valence-electron chi connectivity index (χ0n) is 14.5. The topological polar surface area (TPSA) is 52.7 Å². The lowest BCUT2D eigenvalue weighted by Crippen LogP contribution is -2.54. The van der Waals surface area contributed by atoms with Crippen LogP contribution >= 0.6 is 23.2 Å². The predicted molar refractivity (Wildman–Crippen MR) is 98.5 cm³/mol. The van der Waals surface area contributed by atoms with Crippen LogP contribution in [0.3, 0.4) is 0 Å². The third kappa shape index (κ3) is 3.50. The van der Waals surface area contributed by atoms with Crippen LogP contribution in [0.25, 0.3) is 0 Å². The van der Waals surface area contributed by atoms with E-state index in [4.69, 9.17) is 23.2 Å². The smallest absolute Gasteiger partial charge is 0.323 e. The minimum absolute atomic E-state index is 0.0920. The minimum Gasteiger partial charge on any atom is -0.323 e. The predicted octanol–water partition coefficient (Wildman–Crippen LogP) is 3.88. The Balaban J connectivity index is 1.68. The number of nitrogens with one attached hydrogen (secondary N) is 1. The van der Waals surface area contributed by atoms with Gasteiger partial charge in [0.25, 0.3) is 5.91 Å². The van der Waals surface area contributed by atoms with Crippen LogP contribution < -0.4 is 5.32 Å². The molecule has 3 amide bonds. The number of amides is 3. The highest BCUT2D eigenvalue weighted by atomic mass is 35.5. The molecule has 136 valence electrons. The molecule has 0 bridgehead atoms. The first kappa shape index (κ1) is 18.5. The number of hydrogen-bond acceptors (Lipinski definition) is 3. The Morgan fingerprint density at radius 1 is 1.28 bits per heavy atom. The van der Waals surface area contributed by atoms with E-state index >= 15 is 0 Å². The van der Waals surface area contributed by atoms with Crippen LogP contribution in [0, 0.1) is 5.92 Å². The lowest BCUT2D eigenvalue weighted by Gasteiger charge is -2.37. The number of rotatable bonds is 4. The van der Waals surface area contributed by atoms with Crippen molar-refractivity contribution in [2.75, 3.05) is 13.7 Å². The molecule has 1 aromatic rings. The fraction of sp³-hybridized carbons (Fsp3) is 0.556. The fourth-order valence-corrected chi connectivity index (χ4v) is 4.19. The SMILES string of the molecule is C[C@@H]1CCCC[C@]12NC(=O)N(CN(C)Cc1ccc(Cl)c(Cl)c1)C2=O. The number of imide groups is 1. The van der Waals surface area contributed by atoms with Crippen molar-refractivity contribution < 1.29 is 9.59 Å². The average Bonchev–Trinajstić information content (AvgIpc) is 2.79. The van der Waals surface area contributed by atoms with E-state index in [1.807, 2.05) is 18.0 Å². The van der Waals surface area contributed by atoms with E-state index in [0.29, 0.717) is 16.6 Å². The molecule has 25 heavy (non-hydrogen) atoms. The van der Waals surface area contributed by atoms with Crippen molar-refractivity contribution in [3.05, 3.63) is 33.8 Å². The molecule has 2 aliphatic rings. The summed E-state index contributed by atoms with van der Waals surface area (Å²) in [4.78, 5) is 28.6. The lowest BCUT2D eigenvalue weighted by molar-refractivity contribution is -0.135. The molecule has 0 radical (unpaired) electrons. The molecular weight excluding hydrogens is 361 g/mol. The quantitative estimate of drug-likeness (QED) is 0.802. The van der Waals surface area contributed by atoms with Crippen molar-refractivity contribution in [1.29, 1.82) is 0 Å². The molecule has 7 heteroatoms. The maximum atomic E-state index is 13.0. The molecule has 0 aromatic heterocycles. The molecule has 3 rings (SSSR count). The Labute approximate surface area is 158 Å². The summed E-state index contributed by atoms with van der Waals surface area (Å²) in [5, 5.41) is 3.98. The summed E-state index contributed by atoms with van der Waals surface area (Å²) in [5.41, 5.74) is 0.268. The number of urea groups is 1. The molecule has 1 saturated heterocycles. The number of benzene rings is 1. The molecule has 1 aromatic carbocycles. The van der Waals surface area contributed by atoms with Crippen molar-refractivity contribution in [3.8, 4) is 0 Å². The summed E-state index contributed by atoms with van der Waals surface area (Å²) in [6.07, 6.45) is 3.79. The second kappa shape index (κ2) is 7.14. The van der Waals surface area contributed by atoms with Crippen LogP contribution in [0.1, 0.15) is 38.2 Å². The Morgan fingerprint density at radius 3 is 2.72 bits per heavy atom. The Bertz CT molecular complexity index is 697. The van der Waals surface area contributed by atoms with E-state index in [-0.39, 0.29) is 24.5 Å². The van der Waals surface area contributed by atoms with Gasteiger partial charge in [-0.25, -0.2) is 9.69 Å². The Morgan fingerprint density at radius 2 is 2.04 bits per heavy atom.